The molecule has 1 aliphatic rings. The molecule has 144 valence electrons. The second-order valence-corrected chi connectivity index (χ2v) is 6.91. The number of carbonyl (C=O) groups is 1. The SMILES string of the molecule is O=C(c1ccc(-c2cccc3cccnc23)cc1)N1C[C@@H](CO)O[C@H](CO)C1. The summed E-state index contributed by atoms with van der Waals surface area (Å²) in [6.45, 7) is 0.238. The Morgan fingerprint density at radius 3 is 2.36 bits per heavy atom. The molecule has 0 bridgehead atoms. The van der Waals surface area contributed by atoms with Crippen molar-refractivity contribution in [1.82, 2.24) is 9.88 Å². The Balaban J connectivity index is 1.58. The molecule has 1 saturated heterocycles. The molecule has 0 saturated carbocycles. The number of para-hydroxylation sites is 1. The third-order valence-corrected chi connectivity index (χ3v) is 5.00. The number of aliphatic hydroxyl groups is 2. The number of morpholine rings is 1. The fourth-order valence-electron chi connectivity index (χ4n) is 3.60. The highest BCUT2D eigenvalue weighted by Gasteiger charge is 2.30. The van der Waals surface area contributed by atoms with Crippen molar-refractivity contribution in [2.45, 2.75) is 12.2 Å². The molecule has 0 spiro atoms. The molecule has 3 aromatic rings. The van der Waals surface area contributed by atoms with Gasteiger partial charge in [0.2, 0.25) is 0 Å². The second kappa shape index (κ2) is 8.06. The Morgan fingerprint density at radius 2 is 1.68 bits per heavy atom. The molecule has 6 nitrogen and oxygen atoms in total. The summed E-state index contributed by atoms with van der Waals surface area (Å²) < 4.78 is 5.52. The van der Waals surface area contributed by atoms with Gasteiger partial charge in [-0.3, -0.25) is 9.78 Å². The van der Waals surface area contributed by atoms with Crippen LogP contribution in [0.25, 0.3) is 22.0 Å². The normalized spacial score (nSPS) is 19.7. The van der Waals surface area contributed by atoms with Gasteiger partial charge in [-0.2, -0.15) is 0 Å². The molecular formula is C22H22N2O4. The lowest BCUT2D eigenvalue weighted by molar-refractivity contribution is -0.108. The average molecular weight is 378 g/mol. The maximum atomic E-state index is 12.9. The number of hydrogen-bond donors (Lipinski definition) is 2. The largest absolute Gasteiger partial charge is 0.394 e. The van der Waals surface area contributed by atoms with E-state index in [0.29, 0.717) is 18.7 Å². The van der Waals surface area contributed by atoms with E-state index in [0.717, 1.165) is 22.0 Å². The number of pyridine rings is 1. The van der Waals surface area contributed by atoms with Gasteiger partial charge in [-0.25, -0.2) is 0 Å². The van der Waals surface area contributed by atoms with Crippen molar-refractivity contribution in [3.05, 3.63) is 66.4 Å². The van der Waals surface area contributed by atoms with E-state index in [-0.39, 0.29) is 19.1 Å². The van der Waals surface area contributed by atoms with E-state index in [2.05, 4.69) is 4.98 Å². The van der Waals surface area contributed by atoms with Gasteiger partial charge in [-0.1, -0.05) is 36.4 Å². The monoisotopic (exact) mass is 378 g/mol. The smallest absolute Gasteiger partial charge is 0.254 e. The van der Waals surface area contributed by atoms with Gasteiger partial charge in [0, 0.05) is 35.8 Å². The number of aliphatic hydroxyl groups excluding tert-OH is 2. The van der Waals surface area contributed by atoms with Crippen molar-refractivity contribution in [3.8, 4) is 11.1 Å². The lowest BCUT2D eigenvalue weighted by Crippen LogP contribution is -2.52. The van der Waals surface area contributed by atoms with Gasteiger partial charge in [-0.05, 0) is 23.8 Å². The standard InChI is InChI=1S/C22H22N2O4/c25-13-18-11-24(12-19(14-26)28-18)22(27)17-8-6-15(7-9-17)20-5-1-3-16-4-2-10-23-21(16)20/h1-10,18-19,25-26H,11-14H2/t18-,19-/m0/s1. The number of amides is 1. The number of rotatable bonds is 4. The van der Waals surface area contributed by atoms with Gasteiger partial charge >= 0.3 is 0 Å². The average Bonchev–Trinajstić information content (AvgIpc) is 2.78. The molecule has 2 heterocycles. The molecule has 1 aromatic heterocycles. The summed E-state index contributed by atoms with van der Waals surface area (Å²) in [6.07, 6.45) is 0.823. The zero-order valence-corrected chi connectivity index (χ0v) is 15.4. The number of aromatic nitrogens is 1. The lowest BCUT2D eigenvalue weighted by atomic mass is 10.0. The number of carbonyl (C=O) groups excluding carboxylic acids is 1. The van der Waals surface area contributed by atoms with E-state index in [1.54, 1.807) is 23.2 Å². The van der Waals surface area contributed by atoms with Crippen LogP contribution in [0.15, 0.2) is 60.8 Å². The molecule has 1 fully saturated rings. The first-order chi connectivity index (χ1) is 13.7. The number of nitrogens with zero attached hydrogens (tertiary/aromatic N) is 2. The minimum atomic E-state index is -0.476. The topological polar surface area (TPSA) is 82.9 Å². The fourth-order valence-corrected chi connectivity index (χ4v) is 3.60. The van der Waals surface area contributed by atoms with Crippen molar-refractivity contribution in [1.29, 1.82) is 0 Å². The van der Waals surface area contributed by atoms with E-state index in [9.17, 15) is 15.0 Å². The highest BCUT2D eigenvalue weighted by molar-refractivity contribution is 5.97. The molecule has 1 amide bonds. The Kier molecular flexibility index (Phi) is 5.34. The number of hydrogen-bond acceptors (Lipinski definition) is 5. The third-order valence-electron chi connectivity index (χ3n) is 5.00. The van der Waals surface area contributed by atoms with Crippen molar-refractivity contribution < 1.29 is 19.7 Å². The fraction of sp³-hybridized carbons (Fsp3) is 0.273. The van der Waals surface area contributed by atoms with Crippen LogP contribution in [0, 0.1) is 0 Å². The predicted octanol–water partition coefficient (Wildman–Crippen LogP) is 2.10. The molecule has 0 radical (unpaired) electrons. The Hall–Kier alpha value is -2.80. The van der Waals surface area contributed by atoms with Crippen LogP contribution < -0.4 is 0 Å². The van der Waals surface area contributed by atoms with Crippen LogP contribution in [0.2, 0.25) is 0 Å². The summed E-state index contributed by atoms with van der Waals surface area (Å²) in [5.41, 5.74) is 3.49. The van der Waals surface area contributed by atoms with Crippen LogP contribution >= 0.6 is 0 Å². The highest BCUT2D eigenvalue weighted by Crippen LogP contribution is 2.27. The molecular weight excluding hydrogens is 356 g/mol. The Morgan fingerprint density at radius 1 is 1.00 bits per heavy atom. The van der Waals surface area contributed by atoms with Crippen molar-refractivity contribution in [2.75, 3.05) is 26.3 Å². The summed E-state index contributed by atoms with van der Waals surface area (Å²) in [5.74, 6) is -0.136. The Labute approximate surface area is 163 Å². The predicted molar refractivity (Wildman–Crippen MR) is 106 cm³/mol. The van der Waals surface area contributed by atoms with Gasteiger partial charge < -0.3 is 19.8 Å². The molecule has 2 N–H and O–H groups in total. The van der Waals surface area contributed by atoms with Gasteiger partial charge in [0.1, 0.15) is 0 Å². The zero-order chi connectivity index (χ0) is 19.5. The first kappa shape index (κ1) is 18.6. The minimum absolute atomic E-state index is 0.136. The number of fused-ring (bicyclic) bond motifs is 1. The molecule has 0 unspecified atom stereocenters. The van der Waals surface area contributed by atoms with Crippen LogP contribution in [0.3, 0.4) is 0 Å². The van der Waals surface area contributed by atoms with Crippen molar-refractivity contribution in [2.24, 2.45) is 0 Å². The molecule has 2 atom stereocenters. The molecule has 2 aromatic carbocycles. The molecule has 6 heteroatoms. The van der Waals surface area contributed by atoms with E-state index in [4.69, 9.17) is 4.74 Å². The van der Waals surface area contributed by atoms with E-state index in [1.165, 1.54) is 0 Å². The molecule has 1 aliphatic heterocycles. The third kappa shape index (κ3) is 3.62. The summed E-state index contributed by atoms with van der Waals surface area (Å²) in [6, 6.07) is 17.4. The van der Waals surface area contributed by atoms with Gasteiger partial charge in [0.05, 0.1) is 30.9 Å². The first-order valence-electron chi connectivity index (χ1n) is 9.30. The quantitative estimate of drug-likeness (QED) is 0.727. The van der Waals surface area contributed by atoms with Crippen LogP contribution in [-0.4, -0.2) is 64.5 Å². The molecule has 0 aliphatic carbocycles. The highest BCUT2D eigenvalue weighted by atomic mass is 16.5. The zero-order valence-electron chi connectivity index (χ0n) is 15.4. The minimum Gasteiger partial charge on any atom is -0.394 e. The van der Waals surface area contributed by atoms with E-state index in [1.807, 2.05) is 42.5 Å². The summed E-state index contributed by atoms with van der Waals surface area (Å²) in [7, 11) is 0. The number of benzene rings is 2. The second-order valence-electron chi connectivity index (χ2n) is 6.91. The van der Waals surface area contributed by atoms with Crippen LogP contribution in [0.5, 0.6) is 0 Å². The summed E-state index contributed by atoms with van der Waals surface area (Å²) in [5, 5.41) is 19.8. The molecule has 28 heavy (non-hydrogen) atoms. The van der Waals surface area contributed by atoms with E-state index >= 15 is 0 Å². The van der Waals surface area contributed by atoms with Crippen LogP contribution in [0.1, 0.15) is 10.4 Å². The van der Waals surface area contributed by atoms with Crippen LogP contribution in [-0.2, 0) is 4.74 Å². The van der Waals surface area contributed by atoms with Crippen LogP contribution in [0.4, 0.5) is 0 Å². The van der Waals surface area contributed by atoms with E-state index < -0.39 is 12.2 Å². The Bertz CT molecular complexity index is 956. The van der Waals surface area contributed by atoms with Crippen molar-refractivity contribution >= 4 is 16.8 Å². The maximum absolute atomic E-state index is 12.9. The summed E-state index contributed by atoms with van der Waals surface area (Å²) >= 11 is 0. The maximum Gasteiger partial charge on any atom is 0.254 e. The molecule has 4 rings (SSSR count). The summed E-state index contributed by atoms with van der Waals surface area (Å²) in [4.78, 5) is 19.0. The van der Waals surface area contributed by atoms with Gasteiger partial charge in [-0.15, -0.1) is 0 Å². The lowest BCUT2D eigenvalue weighted by Gasteiger charge is -2.36. The number of ether oxygens (including phenoxy) is 1. The van der Waals surface area contributed by atoms with Gasteiger partial charge in [0.15, 0.2) is 0 Å². The first-order valence-corrected chi connectivity index (χ1v) is 9.30. The van der Waals surface area contributed by atoms with Gasteiger partial charge in [0.25, 0.3) is 5.91 Å². The van der Waals surface area contributed by atoms with Crippen molar-refractivity contribution in [3.63, 3.8) is 0 Å².